The molecule has 0 amide bonds. The molecule has 2 aliphatic carbocycles. The number of aliphatic carboxylic acids is 1. The minimum atomic E-state index is -0.690. The summed E-state index contributed by atoms with van der Waals surface area (Å²) in [5.41, 5.74) is -0.350. The molecular weight excluding hydrogens is 288 g/mol. The third-order valence-corrected chi connectivity index (χ3v) is 7.87. The molecule has 0 aromatic carbocycles. The highest BCUT2D eigenvalue weighted by Gasteiger charge is 2.59. The standard InChI is InChI=1S/C20H36O3/c1-14(13-17(21)22)8-11-18(3)15(2)9-12-19(4)16(18)7-6-10-20(19,5)23/h14-16,23H,6-13H2,1-5H3,(H,21,22)/t14?,15-,16-,18+,19-,20-/m1/s1. The minimum absolute atomic E-state index is 0.00253. The van der Waals surface area contributed by atoms with Crippen molar-refractivity contribution in [3.8, 4) is 0 Å². The Morgan fingerprint density at radius 3 is 2.48 bits per heavy atom. The van der Waals surface area contributed by atoms with Crippen LogP contribution in [0.15, 0.2) is 0 Å². The van der Waals surface area contributed by atoms with Crippen molar-refractivity contribution in [2.45, 2.75) is 91.6 Å². The van der Waals surface area contributed by atoms with Crippen LogP contribution in [0, 0.1) is 28.6 Å². The Balaban J connectivity index is 2.19. The number of carbonyl (C=O) groups is 1. The summed E-state index contributed by atoms with van der Waals surface area (Å²) in [5.74, 6) is 0.727. The Morgan fingerprint density at radius 1 is 1.22 bits per heavy atom. The van der Waals surface area contributed by atoms with E-state index in [1.165, 1.54) is 12.8 Å². The van der Waals surface area contributed by atoms with Crippen molar-refractivity contribution in [1.82, 2.24) is 0 Å². The number of hydrogen-bond donors (Lipinski definition) is 2. The summed E-state index contributed by atoms with van der Waals surface area (Å²) < 4.78 is 0. The maximum atomic E-state index is 11.1. The summed E-state index contributed by atoms with van der Waals surface area (Å²) >= 11 is 0. The fraction of sp³-hybridized carbons (Fsp3) is 0.950. The van der Waals surface area contributed by atoms with Gasteiger partial charge in [0.15, 0.2) is 0 Å². The summed E-state index contributed by atoms with van der Waals surface area (Å²) in [4.78, 5) is 10.9. The number of hydrogen-bond acceptors (Lipinski definition) is 2. The molecule has 2 fully saturated rings. The third-order valence-electron chi connectivity index (χ3n) is 7.87. The molecule has 0 bridgehead atoms. The molecule has 0 saturated heterocycles. The maximum Gasteiger partial charge on any atom is 0.303 e. The molecule has 3 nitrogen and oxygen atoms in total. The van der Waals surface area contributed by atoms with Crippen LogP contribution in [0.1, 0.15) is 86.0 Å². The highest BCUT2D eigenvalue weighted by Crippen LogP contribution is 2.64. The lowest BCUT2D eigenvalue weighted by molar-refractivity contribution is -0.193. The lowest BCUT2D eigenvalue weighted by atomic mass is 9.43. The van der Waals surface area contributed by atoms with E-state index in [9.17, 15) is 9.90 Å². The van der Waals surface area contributed by atoms with Crippen molar-refractivity contribution >= 4 is 5.97 Å². The van der Waals surface area contributed by atoms with E-state index >= 15 is 0 Å². The second-order valence-electron chi connectivity index (χ2n) is 9.32. The number of carboxylic acid groups (broad SMARTS) is 1. The topological polar surface area (TPSA) is 57.5 Å². The summed E-state index contributed by atoms with van der Waals surface area (Å²) in [6.07, 6.45) is 7.85. The second-order valence-corrected chi connectivity index (χ2v) is 9.32. The predicted octanol–water partition coefficient (Wildman–Crippen LogP) is 4.87. The fourth-order valence-corrected chi connectivity index (χ4v) is 5.70. The second kappa shape index (κ2) is 6.38. The first-order chi connectivity index (χ1) is 10.5. The average Bonchev–Trinajstić information content (AvgIpc) is 2.43. The Bertz CT molecular complexity index is 444. The van der Waals surface area contributed by atoms with Gasteiger partial charge < -0.3 is 10.2 Å². The first-order valence-corrected chi connectivity index (χ1v) is 9.47. The van der Waals surface area contributed by atoms with Gasteiger partial charge in [0.2, 0.25) is 0 Å². The van der Waals surface area contributed by atoms with Crippen LogP contribution in [-0.2, 0) is 4.79 Å². The smallest absolute Gasteiger partial charge is 0.303 e. The monoisotopic (exact) mass is 324 g/mol. The molecule has 0 aliphatic heterocycles. The molecular formula is C20H36O3. The summed E-state index contributed by atoms with van der Waals surface area (Å²) in [5, 5.41) is 20.1. The van der Waals surface area contributed by atoms with Crippen LogP contribution in [0.2, 0.25) is 0 Å². The molecule has 2 N–H and O–H groups in total. The van der Waals surface area contributed by atoms with Gasteiger partial charge in [-0.25, -0.2) is 0 Å². The van der Waals surface area contributed by atoms with E-state index in [-0.39, 0.29) is 23.2 Å². The van der Waals surface area contributed by atoms with E-state index in [1.807, 2.05) is 6.92 Å². The van der Waals surface area contributed by atoms with E-state index in [0.717, 1.165) is 32.1 Å². The van der Waals surface area contributed by atoms with Gasteiger partial charge in [0.05, 0.1) is 5.60 Å². The summed E-state index contributed by atoms with van der Waals surface area (Å²) in [6.45, 7) is 11.2. The number of fused-ring (bicyclic) bond motifs is 1. The summed E-state index contributed by atoms with van der Waals surface area (Å²) in [6, 6.07) is 0. The molecule has 1 unspecified atom stereocenters. The van der Waals surface area contributed by atoms with Crippen LogP contribution in [-0.4, -0.2) is 21.8 Å². The van der Waals surface area contributed by atoms with Crippen molar-refractivity contribution in [2.24, 2.45) is 28.6 Å². The van der Waals surface area contributed by atoms with E-state index in [4.69, 9.17) is 5.11 Å². The van der Waals surface area contributed by atoms with Crippen molar-refractivity contribution in [3.63, 3.8) is 0 Å². The zero-order valence-corrected chi connectivity index (χ0v) is 15.7. The van der Waals surface area contributed by atoms with Crippen LogP contribution in [0.5, 0.6) is 0 Å². The Labute approximate surface area is 141 Å². The molecule has 3 heteroatoms. The van der Waals surface area contributed by atoms with Crippen molar-refractivity contribution in [2.75, 3.05) is 0 Å². The quantitative estimate of drug-likeness (QED) is 0.758. The first kappa shape index (κ1) is 18.8. The van der Waals surface area contributed by atoms with Crippen molar-refractivity contribution < 1.29 is 15.0 Å². The molecule has 6 atom stereocenters. The molecule has 0 spiro atoms. The van der Waals surface area contributed by atoms with Gasteiger partial charge in [-0.1, -0.05) is 34.1 Å². The van der Waals surface area contributed by atoms with Crippen LogP contribution in [0.4, 0.5) is 0 Å². The predicted molar refractivity (Wildman–Crippen MR) is 93.2 cm³/mol. The van der Waals surface area contributed by atoms with Gasteiger partial charge in [-0.2, -0.15) is 0 Å². The van der Waals surface area contributed by atoms with Gasteiger partial charge in [-0.3, -0.25) is 4.79 Å². The van der Waals surface area contributed by atoms with E-state index in [2.05, 4.69) is 27.7 Å². The SMILES string of the molecule is CC(CC[C@@]1(C)[C@H](C)CC[C@]2(C)[C@@H]1CCC[C@@]2(C)O)CC(=O)O. The van der Waals surface area contributed by atoms with Gasteiger partial charge >= 0.3 is 5.97 Å². The van der Waals surface area contributed by atoms with Gasteiger partial charge in [-0.05, 0) is 74.0 Å². The molecule has 0 aromatic heterocycles. The lowest BCUT2D eigenvalue weighted by Gasteiger charge is -2.63. The van der Waals surface area contributed by atoms with E-state index in [0.29, 0.717) is 11.8 Å². The van der Waals surface area contributed by atoms with Crippen molar-refractivity contribution in [3.05, 3.63) is 0 Å². The molecule has 0 aromatic rings. The van der Waals surface area contributed by atoms with E-state index < -0.39 is 11.6 Å². The van der Waals surface area contributed by atoms with Crippen LogP contribution >= 0.6 is 0 Å². The van der Waals surface area contributed by atoms with Gasteiger partial charge in [0, 0.05) is 6.42 Å². The molecule has 2 rings (SSSR count). The fourth-order valence-electron chi connectivity index (χ4n) is 5.70. The van der Waals surface area contributed by atoms with Gasteiger partial charge in [0.1, 0.15) is 0 Å². The molecule has 0 radical (unpaired) electrons. The number of rotatable bonds is 5. The van der Waals surface area contributed by atoms with Crippen LogP contribution in [0.25, 0.3) is 0 Å². The summed E-state index contributed by atoms with van der Waals surface area (Å²) in [7, 11) is 0. The molecule has 2 saturated carbocycles. The highest BCUT2D eigenvalue weighted by molar-refractivity contribution is 5.66. The Morgan fingerprint density at radius 2 is 1.87 bits per heavy atom. The van der Waals surface area contributed by atoms with Gasteiger partial charge in [0.25, 0.3) is 0 Å². The zero-order valence-electron chi connectivity index (χ0n) is 15.7. The van der Waals surface area contributed by atoms with Crippen molar-refractivity contribution in [1.29, 1.82) is 0 Å². The van der Waals surface area contributed by atoms with Crippen LogP contribution in [0.3, 0.4) is 0 Å². The largest absolute Gasteiger partial charge is 0.481 e. The first-order valence-electron chi connectivity index (χ1n) is 9.47. The molecule has 0 heterocycles. The average molecular weight is 325 g/mol. The minimum Gasteiger partial charge on any atom is -0.481 e. The highest BCUT2D eigenvalue weighted by atomic mass is 16.4. The Kier molecular flexibility index (Phi) is 5.21. The van der Waals surface area contributed by atoms with Crippen LogP contribution < -0.4 is 0 Å². The molecule has 134 valence electrons. The zero-order chi connectivity index (χ0) is 17.5. The normalized spacial score (nSPS) is 45.3. The molecule has 2 aliphatic rings. The maximum absolute atomic E-state index is 11.1. The Hall–Kier alpha value is -0.570. The molecule has 23 heavy (non-hydrogen) atoms. The van der Waals surface area contributed by atoms with Gasteiger partial charge in [-0.15, -0.1) is 0 Å². The number of aliphatic hydroxyl groups is 1. The van der Waals surface area contributed by atoms with E-state index in [1.54, 1.807) is 0 Å². The third kappa shape index (κ3) is 3.31. The lowest BCUT2D eigenvalue weighted by Crippen LogP contribution is -2.60. The number of carboxylic acids is 1.